The standard InChI is InChI=1S/C25H31N5/c1-24(2)16-21(17-25(3,4)30-24)28-23-26-15-14-22(29-23)27-20-12-10-19(11-13-20)18-8-6-5-7-9-18/h5-15,21,30H,16-17H2,1-4H3,(H2,26,27,28,29). The van der Waals surface area contributed by atoms with E-state index in [1.165, 1.54) is 11.1 Å². The van der Waals surface area contributed by atoms with Crippen LogP contribution in [0, 0.1) is 0 Å². The van der Waals surface area contributed by atoms with Crippen molar-refractivity contribution in [3.63, 3.8) is 0 Å². The first-order valence-corrected chi connectivity index (χ1v) is 10.6. The topological polar surface area (TPSA) is 61.9 Å². The Labute approximate surface area is 179 Å². The van der Waals surface area contributed by atoms with Gasteiger partial charge in [0, 0.05) is 29.0 Å². The molecule has 2 heterocycles. The van der Waals surface area contributed by atoms with Crippen molar-refractivity contribution in [3.8, 4) is 11.1 Å². The van der Waals surface area contributed by atoms with E-state index in [2.05, 4.69) is 102 Å². The zero-order chi connectivity index (χ0) is 21.2. The molecule has 156 valence electrons. The highest BCUT2D eigenvalue weighted by molar-refractivity contribution is 5.67. The van der Waals surface area contributed by atoms with Crippen LogP contribution in [-0.4, -0.2) is 27.1 Å². The van der Waals surface area contributed by atoms with Crippen LogP contribution in [0.25, 0.3) is 11.1 Å². The van der Waals surface area contributed by atoms with Crippen molar-refractivity contribution in [2.24, 2.45) is 0 Å². The first-order chi connectivity index (χ1) is 14.3. The first kappa shape index (κ1) is 20.4. The molecule has 1 saturated heterocycles. The van der Waals surface area contributed by atoms with Crippen LogP contribution in [0.15, 0.2) is 66.9 Å². The van der Waals surface area contributed by atoms with E-state index in [9.17, 15) is 0 Å². The molecule has 0 spiro atoms. The summed E-state index contributed by atoms with van der Waals surface area (Å²) in [6.07, 6.45) is 3.85. The maximum absolute atomic E-state index is 4.68. The van der Waals surface area contributed by atoms with Gasteiger partial charge in [-0.15, -0.1) is 0 Å². The summed E-state index contributed by atoms with van der Waals surface area (Å²) in [5, 5.41) is 10.7. The normalized spacial score (nSPS) is 18.0. The number of anilines is 3. The van der Waals surface area contributed by atoms with E-state index in [0.29, 0.717) is 12.0 Å². The van der Waals surface area contributed by atoms with Crippen LogP contribution in [0.2, 0.25) is 0 Å². The molecule has 2 aromatic carbocycles. The Hall–Kier alpha value is -2.92. The Kier molecular flexibility index (Phi) is 5.48. The van der Waals surface area contributed by atoms with Gasteiger partial charge in [-0.05, 0) is 69.9 Å². The molecule has 0 unspecified atom stereocenters. The van der Waals surface area contributed by atoms with Gasteiger partial charge in [0.2, 0.25) is 5.95 Å². The van der Waals surface area contributed by atoms with Crippen LogP contribution in [0.3, 0.4) is 0 Å². The summed E-state index contributed by atoms with van der Waals surface area (Å²) in [6, 6.07) is 21.0. The maximum Gasteiger partial charge on any atom is 0.224 e. The molecule has 0 bridgehead atoms. The van der Waals surface area contributed by atoms with E-state index in [0.717, 1.165) is 24.3 Å². The van der Waals surface area contributed by atoms with Crippen LogP contribution in [0.4, 0.5) is 17.5 Å². The van der Waals surface area contributed by atoms with E-state index in [-0.39, 0.29) is 11.1 Å². The number of rotatable bonds is 5. The molecule has 5 heteroatoms. The fraction of sp³-hybridized carbons (Fsp3) is 0.360. The number of hydrogen-bond acceptors (Lipinski definition) is 5. The SMILES string of the molecule is CC1(C)CC(Nc2nccc(Nc3ccc(-c4ccccc4)cc3)n2)CC(C)(C)N1. The van der Waals surface area contributed by atoms with Crippen molar-refractivity contribution in [2.75, 3.05) is 10.6 Å². The molecule has 30 heavy (non-hydrogen) atoms. The molecule has 4 rings (SSSR count). The minimum Gasteiger partial charge on any atom is -0.351 e. The van der Waals surface area contributed by atoms with E-state index in [1.54, 1.807) is 6.20 Å². The maximum atomic E-state index is 4.68. The molecule has 0 aliphatic carbocycles. The first-order valence-electron chi connectivity index (χ1n) is 10.6. The van der Waals surface area contributed by atoms with Crippen LogP contribution >= 0.6 is 0 Å². The quantitative estimate of drug-likeness (QED) is 0.519. The van der Waals surface area contributed by atoms with Gasteiger partial charge in [0.1, 0.15) is 5.82 Å². The average molecular weight is 402 g/mol. The van der Waals surface area contributed by atoms with Crippen molar-refractivity contribution in [1.82, 2.24) is 15.3 Å². The molecule has 3 aromatic rings. The van der Waals surface area contributed by atoms with Crippen molar-refractivity contribution >= 4 is 17.5 Å². The van der Waals surface area contributed by atoms with Crippen molar-refractivity contribution in [3.05, 3.63) is 66.9 Å². The zero-order valence-corrected chi connectivity index (χ0v) is 18.2. The Balaban J connectivity index is 1.44. The lowest BCUT2D eigenvalue weighted by Crippen LogP contribution is -2.60. The Morgan fingerprint density at radius 3 is 2.13 bits per heavy atom. The zero-order valence-electron chi connectivity index (χ0n) is 18.2. The van der Waals surface area contributed by atoms with Gasteiger partial charge in [-0.3, -0.25) is 0 Å². The molecular formula is C25H31N5. The predicted octanol–water partition coefficient (Wildman–Crippen LogP) is 5.61. The molecule has 0 saturated carbocycles. The summed E-state index contributed by atoms with van der Waals surface area (Å²) >= 11 is 0. The van der Waals surface area contributed by atoms with Gasteiger partial charge in [0.05, 0.1) is 0 Å². The smallest absolute Gasteiger partial charge is 0.224 e. The van der Waals surface area contributed by atoms with Crippen LogP contribution < -0.4 is 16.0 Å². The number of benzene rings is 2. The highest BCUT2D eigenvalue weighted by Crippen LogP contribution is 2.30. The van der Waals surface area contributed by atoms with Gasteiger partial charge < -0.3 is 16.0 Å². The lowest BCUT2D eigenvalue weighted by Gasteiger charge is -2.46. The predicted molar refractivity (Wildman–Crippen MR) is 125 cm³/mol. The molecule has 3 N–H and O–H groups in total. The van der Waals surface area contributed by atoms with Gasteiger partial charge in [-0.2, -0.15) is 4.98 Å². The monoisotopic (exact) mass is 401 g/mol. The number of hydrogen-bond donors (Lipinski definition) is 3. The third-order valence-corrected chi connectivity index (χ3v) is 5.44. The van der Waals surface area contributed by atoms with Crippen LogP contribution in [0.1, 0.15) is 40.5 Å². The molecule has 5 nitrogen and oxygen atoms in total. The highest BCUT2D eigenvalue weighted by Gasteiger charge is 2.37. The largest absolute Gasteiger partial charge is 0.351 e. The lowest BCUT2D eigenvalue weighted by atomic mass is 9.80. The van der Waals surface area contributed by atoms with Crippen molar-refractivity contribution in [2.45, 2.75) is 57.7 Å². The Bertz CT molecular complexity index is 964. The van der Waals surface area contributed by atoms with Crippen molar-refractivity contribution < 1.29 is 0 Å². The van der Waals surface area contributed by atoms with Crippen LogP contribution in [-0.2, 0) is 0 Å². The molecule has 0 radical (unpaired) electrons. The second kappa shape index (κ2) is 8.07. The van der Waals surface area contributed by atoms with Gasteiger partial charge >= 0.3 is 0 Å². The molecule has 1 aromatic heterocycles. The highest BCUT2D eigenvalue weighted by atomic mass is 15.2. The molecule has 0 amide bonds. The van der Waals surface area contributed by atoms with E-state index < -0.39 is 0 Å². The summed E-state index contributed by atoms with van der Waals surface area (Å²) < 4.78 is 0. The van der Waals surface area contributed by atoms with Crippen molar-refractivity contribution in [1.29, 1.82) is 0 Å². The second-order valence-electron chi connectivity index (χ2n) is 9.48. The van der Waals surface area contributed by atoms with Gasteiger partial charge in [0.15, 0.2) is 0 Å². The number of aromatic nitrogens is 2. The second-order valence-corrected chi connectivity index (χ2v) is 9.48. The molecule has 1 aliphatic rings. The fourth-order valence-corrected chi connectivity index (χ4v) is 4.63. The Morgan fingerprint density at radius 2 is 1.47 bits per heavy atom. The van der Waals surface area contributed by atoms with Gasteiger partial charge in [0.25, 0.3) is 0 Å². The third-order valence-electron chi connectivity index (χ3n) is 5.44. The van der Waals surface area contributed by atoms with E-state index in [1.807, 2.05) is 12.1 Å². The minimum atomic E-state index is 0.0791. The van der Waals surface area contributed by atoms with E-state index >= 15 is 0 Å². The lowest BCUT2D eigenvalue weighted by molar-refractivity contribution is 0.170. The number of nitrogens with one attached hydrogen (secondary N) is 3. The minimum absolute atomic E-state index is 0.0791. The summed E-state index contributed by atoms with van der Waals surface area (Å²) in [6.45, 7) is 9.00. The summed E-state index contributed by atoms with van der Waals surface area (Å²) in [7, 11) is 0. The van der Waals surface area contributed by atoms with Crippen LogP contribution in [0.5, 0.6) is 0 Å². The molecule has 0 atom stereocenters. The van der Waals surface area contributed by atoms with Gasteiger partial charge in [-0.1, -0.05) is 42.5 Å². The third kappa shape index (κ3) is 5.16. The average Bonchev–Trinajstić information content (AvgIpc) is 2.67. The van der Waals surface area contributed by atoms with E-state index in [4.69, 9.17) is 0 Å². The number of nitrogens with zero attached hydrogens (tertiary/aromatic N) is 2. The summed E-state index contributed by atoms with van der Waals surface area (Å²) in [5.74, 6) is 1.45. The fourth-order valence-electron chi connectivity index (χ4n) is 4.63. The molecule has 1 aliphatic heterocycles. The van der Waals surface area contributed by atoms with Gasteiger partial charge in [-0.25, -0.2) is 4.98 Å². The molecule has 1 fully saturated rings. The summed E-state index contributed by atoms with van der Waals surface area (Å²) in [4.78, 5) is 9.13. The number of piperidine rings is 1. The molecular weight excluding hydrogens is 370 g/mol. The Morgan fingerprint density at radius 1 is 0.833 bits per heavy atom. The summed E-state index contributed by atoms with van der Waals surface area (Å²) in [5.41, 5.74) is 3.57.